The Labute approximate surface area is 92.1 Å². The van der Waals surface area contributed by atoms with Gasteiger partial charge in [-0.25, -0.2) is 13.2 Å². The molecule has 0 aliphatic rings. The van der Waals surface area contributed by atoms with Crippen LogP contribution in [0.5, 0.6) is 0 Å². The summed E-state index contributed by atoms with van der Waals surface area (Å²) in [7, 11) is 0. The van der Waals surface area contributed by atoms with Gasteiger partial charge in [0.15, 0.2) is 0 Å². The van der Waals surface area contributed by atoms with E-state index in [-0.39, 0.29) is 9.75 Å². The van der Waals surface area contributed by atoms with E-state index in [1.807, 2.05) is 0 Å². The zero-order valence-corrected chi connectivity index (χ0v) is 8.43. The number of hydrogen-bond acceptors (Lipinski definition) is 4. The highest BCUT2D eigenvalue weighted by Crippen LogP contribution is 2.19. The summed E-state index contributed by atoms with van der Waals surface area (Å²) < 4.78 is 36.7. The van der Waals surface area contributed by atoms with Gasteiger partial charge in [-0.05, 0) is 12.1 Å². The van der Waals surface area contributed by atoms with E-state index in [0.29, 0.717) is 11.3 Å². The predicted octanol–water partition coefficient (Wildman–Crippen LogP) is 1.97. The van der Waals surface area contributed by atoms with Crippen molar-refractivity contribution in [1.82, 2.24) is 0 Å². The van der Waals surface area contributed by atoms with Crippen molar-refractivity contribution in [2.24, 2.45) is 0 Å². The average molecular weight is 247 g/mol. The quantitative estimate of drug-likeness (QED) is 0.603. The number of halogens is 3. The number of hydrogen-bond donors (Lipinski definition) is 0. The van der Waals surface area contributed by atoms with E-state index < -0.39 is 24.2 Å². The first-order valence-corrected chi connectivity index (χ1v) is 4.79. The van der Waals surface area contributed by atoms with Crippen LogP contribution in [0.1, 0.15) is 14.5 Å². The third-order valence-corrected chi connectivity index (χ3v) is 2.66. The van der Waals surface area contributed by atoms with Gasteiger partial charge in [-0.15, -0.1) is 11.3 Å². The van der Waals surface area contributed by atoms with Crippen LogP contribution in [0, 0.1) is 11.3 Å². The Morgan fingerprint density at radius 1 is 1.31 bits per heavy atom. The summed E-state index contributed by atoms with van der Waals surface area (Å²) in [4.78, 5) is 21.6. The van der Waals surface area contributed by atoms with Gasteiger partial charge in [0.1, 0.15) is 10.9 Å². The highest BCUT2D eigenvalue weighted by atomic mass is 32.1. The molecule has 1 unspecified atom stereocenters. The first kappa shape index (κ1) is 12.4. The van der Waals surface area contributed by atoms with Gasteiger partial charge in [0.05, 0.1) is 4.88 Å². The fraction of sp³-hybridized carbons (Fsp3) is 0.222. The van der Waals surface area contributed by atoms with Gasteiger partial charge in [-0.3, -0.25) is 9.59 Å². The largest absolute Gasteiger partial charge is 0.299 e. The molecule has 0 aliphatic carbocycles. The molecule has 0 amide bonds. The molecule has 16 heavy (non-hydrogen) atoms. The number of nitrogens with zero attached hydrogens (tertiary/aromatic N) is 1. The van der Waals surface area contributed by atoms with Crippen molar-refractivity contribution < 1.29 is 22.8 Å². The van der Waals surface area contributed by atoms with E-state index >= 15 is 0 Å². The second-order valence-electron chi connectivity index (χ2n) is 2.71. The Morgan fingerprint density at radius 2 is 1.94 bits per heavy atom. The highest BCUT2D eigenvalue weighted by Gasteiger charge is 2.33. The molecule has 0 spiro atoms. The van der Waals surface area contributed by atoms with Crippen LogP contribution < -0.4 is 0 Å². The maximum Gasteiger partial charge on any atom is 0.299 e. The van der Waals surface area contributed by atoms with E-state index in [1.165, 1.54) is 6.07 Å². The summed E-state index contributed by atoms with van der Waals surface area (Å²) in [5.41, 5.74) is 0. The summed E-state index contributed by atoms with van der Waals surface area (Å²) in [6.07, 6.45) is -6.39. The minimum Gasteiger partial charge on any atom is -0.289 e. The Balaban J connectivity index is 2.87. The topological polar surface area (TPSA) is 57.9 Å². The number of carbonyl (C=O) groups is 2. The lowest BCUT2D eigenvalue weighted by Crippen LogP contribution is -2.30. The van der Waals surface area contributed by atoms with Crippen molar-refractivity contribution >= 4 is 22.9 Å². The van der Waals surface area contributed by atoms with Gasteiger partial charge >= 0.3 is 0 Å². The van der Waals surface area contributed by atoms with Gasteiger partial charge in [0, 0.05) is 0 Å². The van der Waals surface area contributed by atoms with Gasteiger partial charge in [0.25, 0.3) is 6.43 Å². The molecule has 1 aromatic heterocycles. The molecule has 3 nitrogen and oxygen atoms in total. The molecule has 0 N–H and O–H groups in total. The fourth-order valence-electron chi connectivity index (χ4n) is 0.895. The minimum atomic E-state index is -3.52. The Hall–Kier alpha value is -1.68. The summed E-state index contributed by atoms with van der Waals surface area (Å²) in [6, 6.07) is 4.07. The van der Waals surface area contributed by atoms with E-state index in [1.54, 1.807) is 6.07 Å². The first-order chi connectivity index (χ1) is 7.47. The number of Topliss-reactive ketones (excluding diaryl/α,β-unsaturated/α-hetero) is 2. The number of ketones is 2. The molecule has 0 saturated heterocycles. The van der Waals surface area contributed by atoms with Crippen LogP contribution in [0.2, 0.25) is 0 Å². The molecule has 0 radical (unpaired) electrons. The molecule has 0 aliphatic heterocycles. The van der Waals surface area contributed by atoms with Gasteiger partial charge in [0.2, 0.25) is 17.7 Å². The van der Waals surface area contributed by atoms with E-state index in [4.69, 9.17) is 5.26 Å². The molecule has 84 valence electrons. The second-order valence-corrected chi connectivity index (χ2v) is 3.79. The maximum atomic E-state index is 13.0. The number of rotatable bonds is 4. The van der Waals surface area contributed by atoms with Crippen molar-refractivity contribution in [2.75, 3.05) is 0 Å². The molecular formula is C9H4F3NO2S. The predicted molar refractivity (Wildman–Crippen MR) is 49.3 cm³/mol. The van der Waals surface area contributed by atoms with Crippen molar-refractivity contribution in [3.05, 3.63) is 21.9 Å². The second kappa shape index (κ2) is 4.90. The third-order valence-electron chi connectivity index (χ3n) is 1.65. The van der Waals surface area contributed by atoms with E-state index in [2.05, 4.69) is 0 Å². The molecular weight excluding hydrogens is 243 g/mol. The maximum absolute atomic E-state index is 13.0. The molecule has 0 saturated carbocycles. The zero-order chi connectivity index (χ0) is 12.3. The highest BCUT2D eigenvalue weighted by molar-refractivity contribution is 7.14. The van der Waals surface area contributed by atoms with E-state index in [9.17, 15) is 22.8 Å². The molecule has 7 heteroatoms. The zero-order valence-electron chi connectivity index (χ0n) is 7.62. The van der Waals surface area contributed by atoms with Crippen molar-refractivity contribution in [2.45, 2.75) is 12.6 Å². The lowest BCUT2D eigenvalue weighted by atomic mass is 10.1. The Morgan fingerprint density at radius 3 is 2.38 bits per heavy atom. The number of thiophene rings is 1. The molecule has 1 rings (SSSR count). The van der Waals surface area contributed by atoms with Crippen molar-refractivity contribution in [1.29, 1.82) is 5.26 Å². The van der Waals surface area contributed by atoms with Gasteiger partial charge < -0.3 is 0 Å². The molecule has 1 atom stereocenters. The molecule has 0 fully saturated rings. The molecule has 0 bridgehead atoms. The summed E-state index contributed by atoms with van der Waals surface area (Å²) in [6.45, 7) is 0. The Kier molecular flexibility index (Phi) is 3.79. The van der Waals surface area contributed by atoms with Crippen LogP contribution in [0.4, 0.5) is 13.2 Å². The van der Waals surface area contributed by atoms with Crippen LogP contribution in [-0.2, 0) is 4.79 Å². The first-order valence-electron chi connectivity index (χ1n) is 3.97. The molecule has 1 heterocycles. The van der Waals surface area contributed by atoms with Gasteiger partial charge in [-0.1, -0.05) is 0 Å². The summed E-state index contributed by atoms with van der Waals surface area (Å²) >= 11 is 0.651. The fourth-order valence-corrected chi connectivity index (χ4v) is 1.65. The van der Waals surface area contributed by atoms with Crippen LogP contribution in [0.25, 0.3) is 0 Å². The number of alkyl halides is 3. The lowest BCUT2D eigenvalue weighted by Gasteiger charge is -2.03. The van der Waals surface area contributed by atoms with Crippen LogP contribution in [0.3, 0.4) is 0 Å². The Bertz CT molecular complexity index is 464. The lowest BCUT2D eigenvalue weighted by molar-refractivity contribution is -0.132. The SMILES string of the molecule is N#Cc1ccc(C(=O)C(F)C(=O)C(F)F)s1. The summed E-state index contributed by atoms with van der Waals surface area (Å²) in [5.74, 6) is -3.39. The monoisotopic (exact) mass is 247 g/mol. The third kappa shape index (κ3) is 2.46. The van der Waals surface area contributed by atoms with Crippen molar-refractivity contribution in [3.8, 4) is 6.07 Å². The summed E-state index contributed by atoms with van der Waals surface area (Å²) in [5, 5.41) is 8.44. The molecule has 1 aromatic rings. The van der Waals surface area contributed by atoms with E-state index in [0.717, 1.165) is 6.07 Å². The van der Waals surface area contributed by atoms with Crippen LogP contribution >= 0.6 is 11.3 Å². The standard InChI is InChI=1S/C9H4F3NO2S/c10-6(8(15)9(11)12)7(14)5-2-1-4(3-13)16-5/h1-2,6,9H. The van der Waals surface area contributed by atoms with Crippen molar-refractivity contribution in [3.63, 3.8) is 0 Å². The normalized spacial score (nSPS) is 12.2. The average Bonchev–Trinajstić information content (AvgIpc) is 2.74. The smallest absolute Gasteiger partial charge is 0.289 e. The number of nitriles is 1. The van der Waals surface area contributed by atoms with Gasteiger partial charge in [-0.2, -0.15) is 5.26 Å². The molecule has 0 aromatic carbocycles. The van der Waals surface area contributed by atoms with Crippen LogP contribution in [0.15, 0.2) is 12.1 Å². The number of carbonyl (C=O) groups excluding carboxylic acids is 2. The minimum absolute atomic E-state index is 0.139. The van der Waals surface area contributed by atoms with Crippen LogP contribution in [-0.4, -0.2) is 24.2 Å².